The SMILES string of the molecule is COC(=O)N[C@H](C(=O)N1CC(C)(C)C[C@H]1c1ncc(-c2ccc(C#Cc3ccc4nc([C@@H]5C[C@@]6(CCCO6)CN5C(=O)[C@@H](NC(=O)OC)C(C)C)[nH]c4c3)cc2)[nH]1)C(C)C. The van der Waals surface area contributed by atoms with Crippen LogP contribution in [0.4, 0.5) is 9.59 Å². The number of H-pyrrole nitrogens is 2. The molecule has 2 aromatic heterocycles. The van der Waals surface area contributed by atoms with Gasteiger partial charge in [-0.15, -0.1) is 0 Å². The number of methoxy groups -OCH3 is 2. The molecule has 3 saturated heterocycles. The van der Waals surface area contributed by atoms with Gasteiger partial charge in [0, 0.05) is 30.7 Å². The molecule has 4 N–H and O–H groups in total. The minimum atomic E-state index is -0.761. The number of carbonyl (C=O) groups is 4. The lowest BCUT2D eigenvalue weighted by atomic mass is 9.90. The summed E-state index contributed by atoms with van der Waals surface area (Å²) < 4.78 is 15.9. The van der Waals surface area contributed by atoms with Gasteiger partial charge in [0.2, 0.25) is 11.8 Å². The fourth-order valence-corrected chi connectivity index (χ4v) is 8.76. The number of amides is 4. The van der Waals surface area contributed by atoms with Gasteiger partial charge in [-0.3, -0.25) is 9.59 Å². The summed E-state index contributed by atoms with van der Waals surface area (Å²) in [6, 6.07) is 11.6. The van der Waals surface area contributed by atoms with E-state index in [-0.39, 0.29) is 41.1 Å². The van der Waals surface area contributed by atoms with E-state index in [2.05, 4.69) is 46.3 Å². The number of hydrogen-bond acceptors (Lipinski definition) is 9. The summed E-state index contributed by atoms with van der Waals surface area (Å²) in [5.74, 6) is 7.26. The van der Waals surface area contributed by atoms with Gasteiger partial charge in [-0.1, -0.05) is 65.5 Å². The Labute approximate surface area is 350 Å². The van der Waals surface area contributed by atoms with Crippen LogP contribution in [-0.2, 0) is 23.8 Å². The number of likely N-dealkylation sites (tertiary alicyclic amines) is 2. The topological polar surface area (TPSA) is 184 Å². The molecule has 7 rings (SSSR count). The largest absolute Gasteiger partial charge is 0.453 e. The van der Waals surface area contributed by atoms with Crippen molar-refractivity contribution in [2.24, 2.45) is 17.3 Å². The molecule has 0 saturated carbocycles. The van der Waals surface area contributed by atoms with Crippen molar-refractivity contribution in [3.8, 4) is 23.1 Å². The average molecular weight is 821 g/mol. The molecule has 3 aliphatic heterocycles. The van der Waals surface area contributed by atoms with Gasteiger partial charge in [0.15, 0.2) is 0 Å². The third-order valence-corrected chi connectivity index (χ3v) is 11.9. The number of ether oxygens (including phenoxy) is 3. The van der Waals surface area contributed by atoms with Crippen LogP contribution in [0, 0.1) is 29.1 Å². The van der Waals surface area contributed by atoms with Crippen LogP contribution >= 0.6 is 0 Å². The molecule has 0 radical (unpaired) electrons. The molecular weight excluding hydrogens is 765 g/mol. The van der Waals surface area contributed by atoms with Crippen molar-refractivity contribution in [1.82, 2.24) is 40.4 Å². The Morgan fingerprint density at radius 3 is 2.02 bits per heavy atom. The maximum absolute atomic E-state index is 14.0. The van der Waals surface area contributed by atoms with Crippen molar-refractivity contribution < 1.29 is 33.4 Å². The molecule has 5 atom stereocenters. The van der Waals surface area contributed by atoms with Gasteiger partial charge in [0.25, 0.3) is 0 Å². The van der Waals surface area contributed by atoms with Crippen LogP contribution in [0.2, 0.25) is 0 Å². The van der Waals surface area contributed by atoms with Crippen molar-refractivity contribution in [2.75, 3.05) is 33.9 Å². The first-order valence-electron chi connectivity index (χ1n) is 20.7. The fraction of sp³-hybridized carbons (Fsp3) is 0.511. The zero-order chi connectivity index (χ0) is 42.9. The molecule has 0 unspecified atom stereocenters. The van der Waals surface area contributed by atoms with E-state index in [0.29, 0.717) is 37.8 Å². The third-order valence-electron chi connectivity index (χ3n) is 11.9. The highest BCUT2D eigenvalue weighted by Crippen LogP contribution is 2.45. The summed E-state index contributed by atoms with van der Waals surface area (Å²) in [6.45, 7) is 13.5. The number of aromatic nitrogens is 4. The Balaban J connectivity index is 1.06. The zero-order valence-electron chi connectivity index (χ0n) is 35.7. The second-order valence-electron chi connectivity index (χ2n) is 17.8. The predicted octanol–water partition coefficient (Wildman–Crippen LogP) is 6.24. The van der Waals surface area contributed by atoms with Crippen molar-refractivity contribution in [3.63, 3.8) is 0 Å². The first-order valence-corrected chi connectivity index (χ1v) is 20.7. The van der Waals surface area contributed by atoms with Gasteiger partial charge in [-0.25, -0.2) is 19.6 Å². The second-order valence-corrected chi connectivity index (χ2v) is 17.8. The summed E-state index contributed by atoms with van der Waals surface area (Å²) in [5, 5.41) is 5.44. The number of nitrogens with zero attached hydrogens (tertiary/aromatic N) is 4. The molecule has 4 aromatic rings. The van der Waals surface area contributed by atoms with Crippen molar-refractivity contribution in [2.45, 2.75) is 97.0 Å². The predicted molar refractivity (Wildman–Crippen MR) is 224 cm³/mol. The van der Waals surface area contributed by atoms with E-state index in [9.17, 15) is 19.2 Å². The lowest BCUT2D eigenvalue weighted by molar-refractivity contribution is -0.136. The monoisotopic (exact) mass is 820 g/mol. The molecule has 0 bridgehead atoms. The summed E-state index contributed by atoms with van der Waals surface area (Å²) in [4.78, 5) is 72.3. The molecule has 15 nitrogen and oxygen atoms in total. The van der Waals surface area contributed by atoms with Gasteiger partial charge in [-0.2, -0.15) is 0 Å². The van der Waals surface area contributed by atoms with Crippen molar-refractivity contribution >= 4 is 35.0 Å². The Morgan fingerprint density at radius 2 is 1.42 bits per heavy atom. The fourth-order valence-electron chi connectivity index (χ4n) is 8.76. The van der Waals surface area contributed by atoms with Crippen LogP contribution < -0.4 is 10.6 Å². The first kappa shape index (κ1) is 42.3. The number of nitrogens with one attached hydrogen (secondary N) is 4. The van der Waals surface area contributed by atoms with Gasteiger partial charge in [0.1, 0.15) is 23.7 Å². The summed E-state index contributed by atoms with van der Waals surface area (Å²) >= 11 is 0. The van der Waals surface area contributed by atoms with Gasteiger partial charge >= 0.3 is 12.2 Å². The van der Waals surface area contributed by atoms with Gasteiger partial charge in [-0.05, 0) is 72.4 Å². The Hall–Kier alpha value is -5.88. The van der Waals surface area contributed by atoms with E-state index in [0.717, 1.165) is 52.7 Å². The number of hydrogen-bond donors (Lipinski definition) is 4. The van der Waals surface area contributed by atoms with E-state index in [1.807, 2.05) is 75.1 Å². The number of aromatic amines is 2. The third kappa shape index (κ3) is 8.84. The lowest BCUT2D eigenvalue weighted by Gasteiger charge is -2.30. The molecule has 3 aliphatic rings. The molecule has 0 aliphatic carbocycles. The van der Waals surface area contributed by atoms with Crippen LogP contribution in [-0.4, -0.2) is 105 Å². The van der Waals surface area contributed by atoms with Crippen LogP contribution in [0.1, 0.15) is 102 Å². The van der Waals surface area contributed by atoms with E-state index >= 15 is 0 Å². The van der Waals surface area contributed by atoms with E-state index in [1.54, 1.807) is 11.1 Å². The number of imidazole rings is 2. The minimum Gasteiger partial charge on any atom is -0.453 e. The molecule has 1 spiro atoms. The van der Waals surface area contributed by atoms with E-state index < -0.39 is 29.9 Å². The number of alkyl carbamates (subject to hydrolysis) is 2. The van der Waals surface area contributed by atoms with E-state index in [4.69, 9.17) is 24.2 Å². The molecule has 60 heavy (non-hydrogen) atoms. The maximum Gasteiger partial charge on any atom is 0.407 e. The van der Waals surface area contributed by atoms with Crippen LogP contribution in [0.15, 0.2) is 48.7 Å². The molecule has 3 fully saturated rings. The smallest absolute Gasteiger partial charge is 0.407 e. The average Bonchev–Trinajstić information content (AvgIpc) is 4.08. The lowest BCUT2D eigenvalue weighted by Crippen LogP contribution is -2.51. The standard InChI is InChI=1S/C45H56N8O7/c1-26(2)36(50-42(56)58-7)40(54)52-24-44(5,6)21-34(52)38-46-23-33(49-38)30-15-12-28(13-16-30)10-11-29-14-17-31-32(20-29)48-39(47-31)35-22-45(18-9-19-60-45)25-53(35)41(55)37(27(3)4)51-43(57)59-8/h12-17,20,23,26-27,34-37H,9,18-19,21-22,24-25H2,1-8H3,(H,46,49)(H,47,48)(H,50,56)(H,51,57)/t34-,35-,36-,37-,45-/m0/s1. The maximum atomic E-state index is 14.0. The zero-order valence-corrected chi connectivity index (χ0v) is 35.7. The highest BCUT2D eigenvalue weighted by atomic mass is 16.5. The quantitative estimate of drug-likeness (QED) is 0.142. The second kappa shape index (κ2) is 17.0. The van der Waals surface area contributed by atoms with Gasteiger partial charge in [0.05, 0.1) is 61.4 Å². The highest BCUT2D eigenvalue weighted by molar-refractivity contribution is 5.87. The minimum absolute atomic E-state index is 0.134. The summed E-state index contributed by atoms with van der Waals surface area (Å²) in [6.07, 6.45) is 3.61. The Kier molecular flexibility index (Phi) is 12.0. The summed E-state index contributed by atoms with van der Waals surface area (Å²) in [7, 11) is 2.57. The number of benzene rings is 2. The Bertz CT molecular complexity index is 2300. The normalized spacial score (nSPS) is 21.9. The number of carbonyl (C=O) groups excluding carboxylic acids is 4. The van der Waals surface area contributed by atoms with Crippen LogP contribution in [0.5, 0.6) is 0 Å². The van der Waals surface area contributed by atoms with Gasteiger partial charge < -0.3 is 44.6 Å². The first-order chi connectivity index (χ1) is 28.6. The highest BCUT2D eigenvalue weighted by Gasteiger charge is 2.51. The van der Waals surface area contributed by atoms with Crippen molar-refractivity contribution in [1.29, 1.82) is 0 Å². The molecule has 15 heteroatoms. The number of rotatable bonds is 9. The molecule has 5 heterocycles. The molecule has 318 valence electrons. The molecule has 4 amide bonds. The molecular formula is C45H56N8O7. The van der Waals surface area contributed by atoms with Crippen molar-refractivity contribution in [3.05, 3.63) is 71.4 Å². The Morgan fingerprint density at radius 1 is 0.817 bits per heavy atom. The van der Waals surface area contributed by atoms with Crippen LogP contribution in [0.25, 0.3) is 22.3 Å². The summed E-state index contributed by atoms with van der Waals surface area (Å²) in [5.41, 5.74) is 4.37. The number of fused-ring (bicyclic) bond motifs is 1. The van der Waals surface area contributed by atoms with E-state index in [1.165, 1.54) is 14.2 Å². The van der Waals surface area contributed by atoms with Crippen LogP contribution in [0.3, 0.4) is 0 Å². The molecule has 2 aromatic carbocycles.